The van der Waals surface area contributed by atoms with Gasteiger partial charge in [-0.15, -0.1) is 0 Å². The molecule has 0 aromatic heterocycles. The number of aliphatic hydroxyl groups excluding tert-OH is 1. The van der Waals surface area contributed by atoms with E-state index in [4.69, 9.17) is 20.3 Å². The number of nitrogens with two attached hydrogens (primary N) is 1. The van der Waals surface area contributed by atoms with Gasteiger partial charge >= 0.3 is 6.09 Å². The van der Waals surface area contributed by atoms with E-state index >= 15 is 0 Å². The summed E-state index contributed by atoms with van der Waals surface area (Å²) in [5, 5.41) is 8.94. The third kappa shape index (κ3) is 9.13. The minimum absolute atomic E-state index is 0.123. The molecule has 1 aliphatic heterocycles. The number of piperidine rings is 1. The van der Waals surface area contributed by atoms with Crippen LogP contribution in [0.1, 0.15) is 58.4 Å². The number of rotatable bonds is 9. The SMILES string of the molecule is CC(C)(C)OC(=O)/N=C(/N)c1ccc(OCCCN2CCC(CCCO)CC2)cc1. The molecule has 0 unspecified atom stereocenters. The van der Waals surface area contributed by atoms with Gasteiger partial charge in [0.15, 0.2) is 0 Å². The Balaban J connectivity index is 1.68. The fraction of sp³-hybridized carbons (Fsp3) is 0.652. The number of carbonyl (C=O) groups excluding carboxylic acids is 1. The van der Waals surface area contributed by atoms with Gasteiger partial charge in [0.25, 0.3) is 0 Å². The first-order valence-electron chi connectivity index (χ1n) is 10.9. The second kappa shape index (κ2) is 11.9. The van der Waals surface area contributed by atoms with E-state index in [0.29, 0.717) is 18.8 Å². The van der Waals surface area contributed by atoms with Crippen molar-refractivity contribution < 1.29 is 19.4 Å². The van der Waals surface area contributed by atoms with E-state index in [1.165, 1.54) is 12.8 Å². The molecule has 2 rings (SSSR count). The largest absolute Gasteiger partial charge is 0.494 e. The molecule has 168 valence electrons. The maximum atomic E-state index is 11.8. The highest BCUT2D eigenvalue weighted by Crippen LogP contribution is 2.21. The van der Waals surface area contributed by atoms with E-state index in [-0.39, 0.29) is 5.84 Å². The van der Waals surface area contributed by atoms with Gasteiger partial charge in [-0.25, -0.2) is 4.79 Å². The minimum Gasteiger partial charge on any atom is -0.494 e. The van der Waals surface area contributed by atoms with Crippen molar-refractivity contribution in [3.05, 3.63) is 29.8 Å². The van der Waals surface area contributed by atoms with Crippen LogP contribution in [0.25, 0.3) is 0 Å². The molecule has 7 nitrogen and oxygen atoms in total. The summed E-state index contributed by atoms with van der Waals surface area (Å²) in [4.78, 5) is 18.0. The Morgan fingerprint density at radius 3 is 2.47 bits per heavy atom. The summed E-state index contributed by atoms with van der Waals surface area (Å²) in [6.45, 7) is 9.63. The van der Waals surface area contributed by atoms with Crippen molar-refractivity contribution in [1.29, 1.82) is 0 Å². The van der Waals surface area contributed by atoms with Gasteiger partial charge < -0.3 is 25.2 Å². The Morgan fingerprint density at radius 2 is 1.87 bits per heavy atom. The van der Waals surface area contributed by atoms with Crippen LogP contribution in [0.4, 0.5) is 4.79 Å². The number of carbonyl (C=O) groups is 1. The van der Waals surface area contributed by atoms with Gasteiger partial charge in [-0.3, -0.25) is 0 Å². The quantitative estimate of drug-likeness (QED) is 0.361. The van der Waals surface area contributed by atoms with Crippen LogP contribution in [-0.2, 0) is 4.74 Å². The predicted octanol–water partition coefficient (Wildman–Crippen LogP) is 3.58. The second-order valence-corrected chi connectivity index (χ2v) is 8.85. The van der Waals surface area contributed by atoms with Gasteiger partial charge in [-0.05, 0) is 96.1 Å². The smallest absolute Gasteiger partial charge is 0.436 e. The number of hydrogen-bond acceptors (Lipinski definition) is 5. The second-order valence-electron chi connectivity index (χ2n) is 8.85. The normalized spacial score (nSPS) is 16.5. The summed E-state index contributed by atoms with van der Waals surface area (Å²) in [7, 11) is 0. The van der Waals surface area contributed by atoms with Crippen LogP contribution in [-0.4, -0.2) is 60.4 Å². The van der Waals surface area contributed by atoms with Gasteiger partial charge in [0, 0.05) is 18.7 Å². The maximum absolute atomic E-state index is 11.8. The molecule has 0 bridgehead atoms. The summed E-state index contributed by atoms with van der Waals surface area (Å²) in [5.41, 5.74) is 5.94. The first kappa shape index (κ1) is 24.2. The maximum Gasteiger partial charge on any atom is 0.436 e. The van der Waals surface area contributed by atoms with Crippen molar-refractivity contribution in [3.63, 3.8) is 0 Å². The zero-order valence-corrected chi connectivity index (χ0v) is 18.6. The van der Waals surface area contributed by atoms with Crippen molar-refractivity contribution in [2.75, 3.05) is 32.8 Å². The molecular weight excluding hydrogens is 382 g/mol. The first-order valence-corrected chi connectivity index (χ1v) is 10.9. The zero-order valence-electron chi connectivity index (χ0n) is 18.6. The van der Waals surface area contributed by atoms with E-state index in [2.05, 4.69) is 9.89 Å². The lowest BCUT2D eigenvalue weighted by atomic mass is 9.92. The molecule has 3 N–H and O–H groups in total. The van der Waals surface area contributed by atoms with Crippen LogP contribution in [0.2, 0.25) is 0 Å². The number of ether oxygens (including phenoxy) is 2. The van der Waals surface area contributed by atoms with Gasteiger partial charge in [-0.2, -0.15) is 4.99 Å². The molecule has 30 heavy (non-hydrogen) atoms. The van der Waals surface area contributed by atoms with Crippen molar-refractivity contribution >= 4 is 11.9 Å². The number of benzene rings is 1. The number of aliphatic hydroxyl groups is 1. The highest BCUT2D eigenvalue weighted by Gasteiger charge is 2.18. The van der Waals surface area contributed by atoms with Crippen molar-refractivity contribution in [2.45, 2.75) is 58.5 Å². The van der Waals surface area contributed by atoms with Gasteiger partial charge in [0.05, 0.1) is 6.61 Å². The Bertz CT molecular complexity index is 675. The van der Waals surface area contributed by atoms with Crippen LogP contribution in [0, 0.1) is 5.92 Å². The fourth-order valence-electron chi connectivity index (χ4n) is 3.53. The molecule has 1 saturated heterocycles. The highest BCUT2D eigenvalue weighted by atomic mass is 16.6. The lowest BCUT2D eigenvalue weighted by Gasteiger charge is -2.31. The van der Waals surface area contributed by atoms with Gasteiger partial charge in [0.1, 0.15) is 17.2 Å². The molecule has 0 radical (unpaired) electrons. The molecule has 0 saturated carbocycles. The molecule has 7 heteroatoms. The molecular formula is C23H37N3O4. The van der Waals surface area contributed by atoms with Crippen molar-refractivity contribution in [3.8, 4) is 5.75 Å². The third-order valence-corrected chi connectivity index (χ3v) is 5.12. The standard InChI is InChI=1S/C23H37N3O4/c1-23(2,3)30-22(28)25-21(24)19-7-9-20(10-8-19)29-17-5-13-26-14-11-18(12-15-26)6-4-16-27/h7-10,18,27H,4-6,11-17H2,1-3H3,(H2,24,25,28). The fourth-order valence-corrected chi connectivity index (χ4v) is 3.53. The number of likely N-dealkylation sites (tertiary alicyclic amines) is 1. The number of hydrogen-bond donors (Lipinski definition) is 2. The summed E-state index contributed by atoms with van der Waals surface area (Å²) in [5.74, 6) is 1.67. The number of amidine groups is 1. The molecule has 0 aliphatic carbocycles. The lowest BCUT2D eigenvalue weighted by Crippen LogP contribution is -2.35. The first-order chi connectivity index (χ1) is 14.3. The molecule has 0 atom stereocenters. The number of aliphatic imine (C=N–C) groups is 1. The van der Waals surface area contributed by atoms with E-state index < -0.39 is 11.7 Å². The summed E-state index contributed by atoms with van der Waals surface area (Å²) >= 11 is 0. The molecule has 1 fully saturated rings. The minimum atomic E-state index is -0.697. The van der Waals surface area contributed by atoms with Crippen molar-refractivity contribution in [2.24, 2.45) is 16.6 Å². The Hall–Kier alpha value is -2.12. The Labute approximate surface area is 180 Å². The van der Waals surface area contributed by atoms with E-state index in [1.54, 1.807) is 32.9 Å². The summed E-state index contributed by atoms with van der Waals surface area (Å²) in [6, 6.07) is 7.24. The zero-order chi connectivity index (χ0) is 22.0. The number of nitrogens with zero attached hydrogens (tertiary/aromatic N) is 2. The highest BCUT2D eigenvalue weighted by molar-refractivity contribution is 6.02. The van der Waals surface area contributed by atoms with E-state index in [0.717, 1.165) is 50.6 Å². The average Bonchev–Trinajstić information content (AvgIpc) is 2.69. The van der Waals surface area contributed by atoms with Crippen LogP contribution < -0.4 is 10.5 Å². The van der Waals surface area contributed by atoms with Crippen LogP contribution in [0.3, 0.4) is 0 Å². The third-order valence-electron chi connectivity index (χ3n) is 5.12. The monoisotopic (exact) mass is 419 g/mol. The molecule has 1 aromatic rings. The van der Waals surface area contributed by atoms with Crippen LogP contribution in [0.5, 0.6) is 5.75 Å². The predicted molar refractivity (Wildman–Crippen MR) is 119 cm³/mol. The lowest BCUT2D eigenvalue weighted by molar-refractivity contribution is 0.0604. The van der Waals surface area contributed by atoms with Crippen molar-refractivity contribution in [1.82, 2.24) is 4.90 Å². The van der Waals surface area contributed by atoms with Gasteiger partial charge in [0.2, 0.25) is 0 Å². The Morgan fingerprint density at radius 1 is 1.20 bits per heavy atom. The molecule has 1 amide bonds. The molecule has 1 heterocycles. The number of amides is 1. The average molecular weight is 420 g/mol. The topological polar surface area (TPSA) is 97.4 Å². The molecule has 1 aliphatic rings. The van der Waals surface area contributed by atoms with E-state index in [9.17, 15) is 4.79 Å². The Kier molecular flexibility index (Phi) is 9.59. The van der Waals surface area contributed by atoms with Gasteiger partial charge in [-0.1, -0.05) is 0 Å². The summed E-state index contributed by atoms with van der Waals surface area (Å²) in [6.07, 6.45) is 4.82. The van der Waals surface area contributed by atoms with Crippen LogP contribution >= 0.6 is 0 Å². The van der Waals surface area contributed by atoms with E-state index in [1.807, 2.05) is 12.1 Å². The summed E-state index contributed by atoms with van der Waals surface area (Å²) < 4.78 is 11.0. The molecule has 0 spiro atoms. The molecule has 1 aromatic carbocycles. The van der Waals surface area contributed by atoms with Crippen LogP contribution in [0.15, 0.2) is 29.3 Å².